The van der Waals surface area contributed by atoms with Crippen LogP contribution in [0.2, 0.25) is 0 Å². The normalized spacial score (nSPS) is 12.2. The molecule has 0 aromatic heterocycles. The number of rotatable bonds is 5. The quantitative estimate of drug-likeness (QED) is 0.564. The summed E-state index contributed by atoms with van der Waals surface area (Å²) in [7, 11) is -1.98. The van der Waals surface area contributed by atoms with E-state index in [9.17, 15) is 4.57 Å². The van der Waals surface area contributed by atoms with Gasteiger partial charge >= 0.3 is 7.60 Å². The third-order valence-electron chi connectivity index (χ3n) is 1.22. The van der Waals surface area contributed by atoms with Gasteiger partial charge in [0.15, 0.2) is 0 Å². The molecular formula is C9H19O3PS2. The summed E-state index contributed by atoms with van der Waals surface area (Å²) in [5.74, 6) is 3.66. The van der Waals surface area contributed by atoms with Crippen LogP contribution in [0.4, 0.5) is 0 Å². The van der Waals surface area contributed by atoms with Gasteiger partial charge in [0.05, 0.1) is 12.2 Å². The van der Waals surface area contributed by atoms with Crippen molar-refractivity contribution in [3.63, 3.8) is 0 Å². The van der Waals surface area contributed by atoms with Gasteiger partial charge in [-0.25, -0.2) is 0 Å². The molecule has 0 rings (SSSR count). The first-order valence-electron chi connectivity index (χ1n) is 4.66. The van der Waals surface area contributed by atoms with Crippen molar-refractivity contribution in [2.24, 2.45) is 0 Å². The van der Waals surface area contributed by atoms with Gasteiger partial charge in [-0.05, 0) is 39.8 Å². The lowest BCUT2D eigenvalue weighted by molar-refractivity contribution is 0.153. The molecule has 3 nitrogen and oxygen atoms in total. The minimum atomic E-state index is -3.16. The van der Waals surface area contributed by atoms with Gasteiger partial charge in [0.25, 0.3) is 0 Å². The third-order valence-corrected chi connectivity index (χ3v) is 6.79. The van der Waals surface area contributed by atoms with Crippen LogP contribution in [-0.2, 0) is 13.6 Å². The summed E-state index contributed by atoms with van der Waals surface area (Å²) in [5, 5.41) is 0. The summed E-state index contributed by atoms with van der Waals surface area (Å²) in [6.07, 6.45) is 1.57. The molecule has 0 radical (unpaired) electrons. The highest BCUT2D eigenvalue weighted by Gasteiger charge is 2.32. The standard InChI is InChI=1S/C9H19O3PS2/c1-7(2)11-13(10,12-8(3)4)9(14-5)15-6/h7-8H,5H2,1-4,6H3. The smallest absolute Gasteiger partial charge is 0.302 e. The van der Waals surface area contributed by atoms with E-state index in [1.165, 1.54) is 22.7 Å². The molecule has 0 aliphatic heterocycles. The molecule has 90 valence electrons. The molecule has 15 heavy (non-hydrogen) atoms. The Morgan fingerprint density at radius 3 is 1.80 bits per heavy atom. The fourth-order valence-electron chi connectivity index (χ4n) is 0.916. The van der Waals surface area contributed by atoms with Crippen molar-refractivity contribution >= 4 is 40.1 Å². The van der Waals surface area contributed by atoms with Crippen molar-refractivity contribution in [1.29, 1.82) is 0 Å². The van der Waals surface area contributed by atoms with Gasteiger partial charge in [-0.15, -0.1) is 22.7 Å². The fourth-order valence-corrected chi connectivity index (χ4v) is 4.76. The van der Waals surface area contributed by atoms with E-state index < -0.39 is 7.60 Å². The lowest BCUT2D eigenvalue weighted by Crippen LogP contribution is -2.11. The van der Waals surface area contributed by atoms with E-state index in [0.717, 1.165) is 0 Å². The Labute approximate surface area is 100 Å². The molecule has 6 heteroatoms. The van der Waals surface area contributed by atoms with Gasteiger partial charge in [-0.1, -0.05) is 0 Å². The largest absolute Gasteiger partial charge is 0.378 e. The molecule has 0 unspecified atom stereocenters. The van der Waals surface area contributed by atoms with Crippen LogP contribution in [0.3, 0.4) is 0 Å². The molecule has 0 aromatic carbocycles. The Bertz CT molecular complexity index is 282. The molecule has 0 aliphatic carbocycles. The number of hydrogen-bond donors (Lipinski definition) is 0. The molecular weight excluding hydrogens is 251 g/mol. The molecule has 0 amide bonds. The van der Waals surface area contributed by atoms with Crippen molar-refractivity contribution in [3.8, 4) is 0 Å². The maximum absolute atomic E-state index is 12.4. The van der Waals surface area contributed by atoms with E-state index in [4.69, 9.17) is 9.05 Å². The van der Waals surface area contributed by atoms with Crippen LogP contribution in [0.5, 0.6) is 0 Å². The second-order valence-electron chi connectivity index (χ2n) is 3.42. The minimum Gasteiger partial charge on any atom is -0.302 e. The summed E-state index contributed by atoms with van der Waals surface area (Å²) < 4.78 is 23.8. The third kappa shape index (κ3) is 5.36. The van der Waals surface area contributed by atoms with Gasteiger partial charge in [0.2, 0.25) is 0 Å². The zero-order chi connectivity index (χ0) is 12.1. The lowest BCUT2D eigenvalue weighted by atomic mass is 10.5. The van der Waals surface area contributed by atoms with E-state index in [0.29, 0.717) is 3.94 Å². The summed E-state index contributed by atoms with van der Waals surface area (Å²) in [6.45, 7) is 7.34. The van der Waals surface area contributed by atoms with Crippen molar-refractivity contribution in [1.82, 2.24) is 0 Å². The molecule has 0 spiro atoms. The maximum atomic E-state index is 12.4. The zero-order valence-electron chi connectivity index (χ0n) is 9.85. The Morgan fingerprint density at radius 1 is 1.20 bits per heavy atom. The average molecular weight is 270 g/mol. The van der Waals surface area contributed by atoms with Crippen LogP contribution in [0.25, 0.3) is 0 Å². The zero-order valence-corrected chi connectivity index (χ0v) is 12.4. The SMILES string of the molecule is C=S=C(SC)P(=O)(OC(C)C)OC(C)C. The Morgan fingerprint density at radius 2 is 1.60 bits per heavy atom. The van der Waals surface area contributed by atoms with Crippen LogP contribution in [-0.4, -0.2) is 28.3 Å². The first-order valence-corrected chi connectivity index (χ1v) is 8.41. The molecule has 0 atom stereocenters. The molecule has 0 aromatic rings. The first-order chi connectivity index (χ1) is 6.85. The molecule has 0 N–H and O–H groups in total. The highest BCUT2D eigenvalue weighted by Crippen LogP contribution is 2.55. The van der Waals surface area contributed by atoms with Crippen LogP contribution >= 0.6 is 30.3 Å². The van der Waals surface area contributed by atoms with Crippen LogP contribution in [0, 0.1) is 0 Å². The lowest BCUT2D eigenvalue weighted by Gasteiger charge is -2.22. The van der Waals surface area contributed by atoms with Crippen LogP contribution in [0.15, 0.2) is 0 Å². The summed E-state index contributed by atoms with van der Waals surface area (Å²) >= 11 is 1.36. The van der Waals surface area contributed by atoms with Gasteiger partial charge in [-0.2, -0.15) is 0 Å². The van der Waals surface area contributed by atoms with E-state index in [-0.39, 0.29) is 12.2 Å². The molecule has 0 heterocycles. The molecule has 0 bridgehead atoms. The van der Waals surface area contributed by atoms with Crippen LogP contribution < -0.4 is 0 Å². The fraction of sp³-hybridized carbons (Fsp3) is 0.778. The Balaban J connectivity index is 5.01. The molecule has 0 aliphatic rings. The van der Waals surface area contributed by atoms with E-state index >= 15 is 0 Å². The van der Waals surface area contributed by atoms with E-state index in [2.05, 4.69) is 5.87 Å². The number of thioether (sulfide) groups is 1. The second kappa shape index (κ2) is 6.92. The predicted molar refractivity (Wildman–Crippen MR) is 73.3 cm³/mol. The van der Waals surface area contributed by atoms with Crippen molar-refractivity contribution in [2.75, 3.05) is 6.26 Å². The molecule has 0 saturated heterocycles. The summed E-state index contributed by atoms with van der Waals surface area (Å²) in [4.78, 5) is 0. The highest BCUT2D eigenvalue weighted by molar-refractivity contribution is 8.37. The number of hydrogen-bond acceptors (Lipinski definition) is 4. The van der Waals surface area contributed by atoms with Crippen molar-refractivity contribution in [3.05, 3.63) is 0 Å². The molecule has 0 fully saturated rings. The molecule has 0 saturated carbocycles. The Hall–Kier alpha value is 0.460. The van der Waals surface area contributed by atoms with Crippen molar-refractivity contribution < 1.29 is 13.6 Å². The van der Waals surface area contributed by atoms with Gasteiger partial charge in [-0.3, -0.25) is 4.57 Å². The van der Waals surface area contributed by atoms with Gasteiger partial charge in [0.1, 0.15) is 3.94 Å². The topological polar surface area (TPSA) is 35.5 Å². The van der Waals surface area contributed by atoms with Gasteiger partial charge < -0.3 is 9.05 Å². The van der Waals surface area contributed by atoms with E-state index in [1.807, 2.05) is 34.0 Å². The second-order valence-corrected chi connectivity index (χ2v) is 7.66. The highest BCUT2D eigenvalue weighted by atomic mass is 32.2. The first kappa shape index (κ1) is 15.5. The van der Waals surface area contributed by atoms with E-state index in [1.54, 1.807) is 0 Å². The predicted octanol–water partition coefficient (Wildman–Crippen LogP) is 3.65. The monoisotopic (exact) mass is 270 g/mol. The van der Waals surface area contributed by atoms with Crippen LogP contribution in [0.1, 0.15) is 27.7 Å². The minimum absolute atomic E-state index is 0.135. The van der Waals surface area contributed by atoms with Crippen molar-refractivity contribution in [2.45, 2.75) is 39.9 Å². The average Bonchev–Trinajstić information content (AvgIpc) is 2.01. The summed E-state index contributed by atoms with van der Waals surface area (Å²) in [6, 6.07) is 0. The van der Waals surface area contributed by atoms with Gasteiger partial charge in [0, 0.05) is 0 Å². The Kier molecular flexibility index (Phi) is 7.13. The summed E-state index contributed by atoms with van der Waals surface area (Å²) in [5.41, 5.74) is 0. The maximum Gasteiger partial charge on any atom is 0.378 e.